The lowest BCUT2D eigenvalue weighted by molar-refractivity contribution is 0.818. The van der Waals surface area contributed by atoms with E-state index in [1.807, 2.05) is 43.1 Å². The lowest BCUT2D eigenvalue weighted by Gasteiger charge is -2.06. The molecule has 2 aromatic rings. The summed E-state index contributed by atoms with van der Waals surface area (Å²) in [6.07, 6.45) is 3.70. The summed E-state index contributed by atoms with van der Waals surface area (Å²) in [6, 6.07) is 6.03. The van der Waals surface area contributed by atoms with Crippen LogP contribution in [0.15, 0.2) is 30.6 Å². The van der Waals surface area contributed by atoms with Crippen LogP contribution in [0.1, 0.15) is 5.56 Å². The number of hydrogen-bond donors (Lipinski definition) is 1. The van der Waals surface area contributed by atoms with Gasteiger partial charge >= 0.3 is 0 Å². The molecule has 0 aliphatic carbocycles. The molecule has 1 aromatic carbocycles. The monoisotopic (exact) mass is 235 g/mol. The van der Waals surface area contributed by atoms with E-state index < -0.39 is 0 Å². The zero-order chi connectivity index (χ0) is 11.5. The summed E-state index contributed by atoms with van der Waals surface area (Å²) < 4.78 is 1.98. The van der Waals surface area contributed by atoms with Crippen molar-refractivity contribution < 1.29 is 0 Å². The highest BCUT2D eigenvalue weighted by Crippen LogP contribution is 2.24. The molecule has 84 valence electrons. The van der Waals surface area contributed by atoms with E-state index in [9.17, 15) is 0 Å². The maximum absolute atomic E-state index is 6.20. The Hall–Kier alpha value is -1.32. The van der Waals surface area contributed by atoms with Gasteiger partial charge in [0, 0.05) is 36.6 Å². The Morgan fingerprint density at radius 1 is 1.44 bits per heavy atom. The van der Waals surface area contributed by atoms with Crippen molar-refractivity contribution in [2.75, 3.05) is 7.05 Å². The van der Waals surface area contributed by atoms with Crippen LogP contribution in [0.3, 0.4) is 0 Å². The maximum Gasteiger partial charge on any atom is 0.139 e. The molecule has 0 aliphatic rings. The number of halogens is 1. The number of nitrogens with one attached hydrogen (secondary N) is 1. The van der Waals surface area contributed by atoms with E-state index in [4.69, 9.17) is 11.6 Å². The van der Waals surface area contributed by atoms with Gasteiger partial charge in [0.1, 0.15) is 5.82 Å². The highest BCUT2D eigenvalue weighted by molar-refractivity contribution is 6.31. The standard InChI is InChI=1S/C12H14ClN3/c1-14-8-10-4-3-9(7-11(10)13)12-15-5-6-16(12)2/h3-7,14H,8H2,1-2H3. The Bertz CT molecular complexity index is 491. The molecule has 1 aromatic heterocycles. The Kier molecular flexibility index (Phi) is 3.27. The molecule has 0 radical (unpaired) electrons. The maximum atomic E-state index is 6.20. The molecule has 0 saturated carbocycles. The third-order valence-corrected chi connectivity index (χ3v) is 2.85. The van der Waals surface area contributed by atoms with Gasteiger partial charge in [0.25, 0.3) is 0 Å². The molecule has 0 aliphatic heterocycles. The van der Waals surface area contributed by atoms with Crippen molar-refractivity contribution >= 4 is 11.6 Å². The fourth-order valence-electron chi connectivity index (χ4n) is 1.66. The van der Waals surface area contributed by atoms with E-state index in [0.717, 1.165) is 28.5 Å². The molecule has 0 saturated heterocycles. The van der Waals surface area contributed by atoms with Gasteiger partial charge in [-0.3, -0.25) is 0 Å². The van der Waals surface area contributed by atoms with Gasteiger partial charge in [-0.15, -0.1) is 0 Å². The summed E-state index contributed by atoms with van der Waals surface area (Å²) in [5.74, 6) is 0.929. The second-order valence-electron chi connectivity index (χ2n) is 3.70. The average molecular weight is 236 g/mol. The van der Waals surface area contributed by atoms with Crippen molar-refractivity contribution in [3.63, 3.8) is 0 Å². The van der Waals surface area contributed by atoms with Crippen LogP contribution in [0.25, 0.3) is 11.4 Å². The minimum absolute atomic E-state index is 0.773. The topological polar surface area (TPSA) is 29.9 Å². The summed E-state index contributed by atoms with van der Waals surface area (Å²) in [7, 11) is 3.88. The van der Waals surface area contributed by atoms with Gasteiger partial charge in [-0.25, -0.2) is 4.98 Å². The number of benzene rings is 1. The number of aromatic nitrogens is 2. The SMILES string of the molecule is CNCc1ccc(-c2nccn2C)cc1Cl. The minimum Gasteiger partial charge on any atom is -0.334 e. The Morgan fingerprint density at radius 2 is 2.25 bits per heavy atom. The second kappa shape index (κ2) is 4.68. The van der Waals surface area contributed by atoms with Crippen LogP contribution in [0, 0.1) is 0 Å². The number of hydrogen-bond acceptors (Lipinski definition) is 2. The number of rotatable bonds is 3. The van der Waals surface area contributed by atoms with Crippen LogP contribution in [-0.4, -0.2) is 16.6 Å². The van der Waals surface area contributed by atoms with Crippen LogP contribution in [0.5, 0.6) is 0 Å². The average Bonchev–Trinajstić information content (AvgIpc) is 2.68. The van der Waals surface area contributed by atoms with Crippen molar-refractivity contribution in [3.8, 4) is 11.4 Å². The fraction of sp³-hybridized carbons (Fsp3) is 0.250. The summed E-state index contributed by atoms with van der Waals surface area (Å²) in [4.78, 5) is 4.29. The van der Waals surface area contributed by atoms with E-state index in [1.165, 1.54) is 0 Å². The van der Waals surface area contributed by atoms with Crippen molar-refractivity contribution in [1.29, 1.82) is 0 Å². The summed E-state index contributed by atoms with van der Waals surface area (Å²) in [5.41, 5.74) is 2.14. The zero-order valence-electron chi connectivity index (χ0n) is 9.37. The van der Waals surface area contributed by atoms with Gasteiger partial charge in [-0.2, -0.15) is 0 Å². The minimum atomic E-state index is 0.773. The lowest BCUT2D eigenvalue weighted by Crippen LogP contribution is -2.05. The smallest absolute Gasteiger partial charge is 0.139 e. The van der Waals surface area contributed by atoms with E-state index >= 15 is 0 Å². The molecule has 4 heteroatoms. The number of aryl methyl sites for hydroxylation is 1. The highest BCUT2D eigenvalue weighted by atomic mass is 35.5. The molecule has 3 nitrogen and oxygen atoms in total. The van der Waals surface area contributed by atoms with Crippen molar-refractivity contribution in [2.24, 2.45) is 7.05 Å². The third kappa shape index (κ3) is 2.10. The molecule has 0 atom stereocenters. The predicted molar refractivity (Wildman–Crippen MR) is 66.4 cm³/mol. The molecule has 0 bridgehead atoms. The Labute approximate surface area is 100 Å². The van der Waals surface area contributed by atoms with Gasteiger partial charge in [-0.1, -0.05) is 23.7 Å². The predicted octanol–water partition coefficient (Wildman–Crippen LogP) is 2.46. The molecule has 16 heavy (non-hydrogen) atoms. The normalized spacial score (nSPS) is 10.7. The van der Waals surface area contributed by atoms with Gasteiger partial charge in [0.05, 0.1) is 0 Å². The molecular formula is C12H14ClN3. The lowest BCUT2D eigenvalue weighted by atomic mass is 10.1. The van der Waals surface area contributed by atoms with Gasteiger partial charge in [0.15, 0.2) is 0 Å². The molecular weight excluding hydrogens is 222 g/mol. The fourth-order valence-corrected chi connectivity index (χ4v) is 1.91. The Balaban J connectivity index is 2.38. The molecule has 1 N–H and O–H groups in total. The van der Waals surface area contributed by atoms with E-state index in [0.29, 0.717) is 0 Å². The molecule has 0 amide bonds. The first-order valence-electron chi connectivity index (χ1n) is 5.13. The quantitative estimate of drug-likeness (QED) is 0.886. The number of imidazole rings is 1. The first-order chi connectivity index (χ1) is 7.72. The van der Waals surface area contributed by atoms with Gasteiger partial charge in [-0.05, 0) is 18.7 Å². The third-order valence-electron chi connectivity index (χ3n) is 2.50. The van der Waals surface area contributed by atoms with Gasteiger partial charge in [0.2, 0.25) is 0 Å². The van der Waals surface area contributed by atoms with E-state index in [2.05, 4.69) is 10.3 Å². The summed E-state index contributed by atoms with van der Waals surface area (Å²) >= 11 is 6.20. The molecule has 1 heterocycles. The molecule has 0 fully saturated rings. The zero-order valence-corrected chi connectivity index (χ0v) is 10.1. The molecule has 2 rings (SSSR count). The summed E-state index contributed by atoms with van der Waals surface area (Å²) in [6.45, 7) is 0.777. The summed E-state index contributed by atoms with van der Waals surface area (Å²) in [5, 5.41) is 3.86. The van der Waals surface area contributed by atoms with Crippen LogP contribution in [0.2, 0.25) is 5.02 Å². The van der Waals surface area contributed by atoms with Crippen LogP contribution >= 0.6 is 11.6 Å². The molecule has 0 spiro atoms. The number of nitrogens with zero attached hydrogens (tertiary/aromatic N) is 2. The first-order valence-corrected chi connectivity index (χ1v) is 5.51. The van der Waals surface area contributed by atoms with E-state index in [-0.39, 0.29) is 0 Å². The Morgan fingerprint density at radius 3 is 2.81 bits per heavy atom. The molecule has 0 unspecified atom stereocenters. The van der Waals surface area contributed by atoms with Crippen LogP contribution < -0.4 is 5.32 Å². The van der Waals surface area contributed by atoms with E-state index in [1.54, 1.807) is 6.20 Å². The first kappa shape index (κ1) is 11.2. The van der Waals surface area contributed by atoms with Crippen LogP contribution in [-0.2, 0) is 13.6 Å². The largest absolute Gasteiger partial charge is 0.334 e. The van der Waals surface area contributed by atoms with Crippen molar-refractivity contribution in [2.45, 2.75) is 6.54 Å². The van der Waals surface area contributed by atoms with Gasteiger partial charge < -0.3 is 9.88 Å². The van der Waals surface area contributed by atoms with Crippen molar-refractivity contribution in [1.82, 2.24) is 14.9 Å². The highest BCUT2D eigenvalue weighted by Gasteiger charge is 2.06. The van der Waals surface area contributed by atoms with Crippen LogP contribution in [0.4, 0.5) is 0 Å². The van der Waals surface area contributed by atoms with Crippen molar-refractivity contribution in [3.05, 3.63) is 41.2 Å². The second-order valence-corrected chi connectivity index (χ2v) is 4.11.